The van der Waals surface area contributed by atoms with Gasteiger partial charge < -0.3 is 10.1 Å². The number of anilines is 2. The van der Waals surface area contributed by atoms with E-state index in [1.807, 2.05) is 27.7 Å². The minimum atomic E-state index is -3.66. The second-order valence-corrected chi connectivity index (χ2v) is 7.66. The van der Waals surface area contributed by atoms with Crippen LogP contribution in [0.4, 0.5) is 11.5 Å². The zero-order valence-electron chi connectivity index (χ0n) is 14.3. The number of nitrogens with zero attached hydrogens (tertiary/aromatic N) is 1. The Bertz CT molecular complexity index is 755. The van der Waals surface area contributed by atoms with E-state index in [0.717, 1.165) is 0 Å². The fourth-order valence-corrected chi connectivity index (χ4v) is 3.06. The Balaban J connectivity index is 2.10. The minimum absolute atomic E-state index is 0.0367. The third kappa shape index (κ3) is 5.13. The number of rotatable bonds is 7. The molecule has 2 N–H and O–H groups in total. The van der Waals surface area contributed by atoms with E-state index in [4.69, 9.17) is 4.74 Å². The molecular weight excluding hydrogens is 326 g/mol. The Labute approximate surface area is 143 Å². The second kappa shape index (κ2) is 7.53. The number of nitrogens with one attached hydrogen (secondary N) is 2. The normalized spacial score (nSPS) is 11.6. The van der Waals surface area contributed by atoms with E-state index >= 15 is 0 Å². The Kier molecular flexibility index (Phi) is 5.66. The van der Waals surface area contributed by atoms with Gasteiger partial charge in [0.2, 0.25) is 0 Å². The molecule has 0 atom stereocenters. The largest absolute Gasteiger partial charge is 0.491 e. The summed E-state index contributed by atoms with van der Waals surface area (Å²) < 4.78 is 32.8. The standard InChI is InChI=1S/C17H23N3O3S/c1-12(2)19-17-10-5-14(11-18-17)20-24(21,22)16-8-6-15(7-9-16)23-13(3)4/h5-13,20H,1-4H3,(H,18,19). The van der Waals surface area contributed by atoms with Gasteiger partial charge in [-0.15, -0.1) is 0 Å². The Hall–Kier alpha value is -2.28. The van der Waals surface area contributed by atoms with E-state index in [2.05, 4.69) is 15.0 Å². The van der Waals surface area contributed by atoms with Crippen LogP contribution in [0.5, 0.6) is 5.75 Å². The van der Waals surface area contributed by atoms with Crippen molar-refractivity contribution in [2.75, 3.05) is 10.0 Å². The summed E-state index contributed by atoms with van der Waals surface area (Å²) in [5.74, 6) is 1.33. The van der Waals surface area contributed by atoms with Crippen LogP contribution in [0.15, 0.2) is 47.5 Å². The molecule has 2 rings (SSSR count). The van der Waals surface area contributed by atoms with E-state index in [1.54, 1.807) is 24.3 Å². The van der Waals surface area contributed by atoms with Gasteiger partial charge in [-0.25, -0.2) is 13.4 Å². The zero-order chi connectivity index (χ0) is 17.7. The maximum absolute atomic E-state index is 12.4. The van der Waals surface area contributed by atoms with E-state index < -0.39 is 10.0 Å². The number of pyridine rings is 1. The molecule has 0 fully saturated rings. The lowest BCUT2D eigenvalue weighted by molar-refractivity contribution is 0.242. The monoisotopic (exact) mass is 349 g/mol. The maximum Gasteiger partial charge on any atom is 0.261 e. The Morgan fingerprint density at radius 3 is 2.17 bits per heavy atom. The van der Waals surface area contributed by atoms with Gasteiger partial charge in [0.25, 0.3) is 10.0 Å². The van der Waals surface area contributed by atoms with Crippen LogP contribution in [0.2, 0.25) is 0 Å². The molecule has 0 aliphatic heterocycles. The van der Waals surface area contributed by atoms with Gasteiger partial charge in [-0.3, -0.25) is 4.72 Å². The average molecular weight is 349 g/mol. The summed E-state index contributed by atoms with van der Waals surface area (Å²) in [6.45, 7) is 7.84. The average Bonchev–Trinajstić information content (AvgIpc) is 2.48. The lowest BCUT2D eigenvalue weighted by atomic mass is 10.3. The lowest BCUT2D eigenvalue weighted by Crippen LogP contribution is -2.14. The summed E-state index contributed by atoms with van der Waals surface area (Å²) in [4.78, 5) is 4.35. The molecule has 0 unspecified atom stereocenters. The van der Waals surface area contributed by atoms with E-state index in [9.17, 15) is 8.42 Å². The molecule has 0 aliphatic rings. The van der Waals surface area contributed by atoms with E-state index in [0.29, 0.717) is 17.3 Å². The van der Waals surface area contributed by atoms with E-state index in [-0.39, 0.29) is 17.0 Å². The predicted molar refractivity (Wildman–Crippen MR) is 96.0 cm³/mol. The zero-order valence-corrected chi connectivity index (χ0v) is 15.1. The number of sulfonamides is 1. The topological polar surface area (TPSA) is 80.3 Å². The summed E-state index contributed by atoms with van der Waals surface area (Å²) >= 11 is 0. The van der Waals surface area contributed by atoms with Crippen molar-refractivity contribution in [1.29, 1.82) is 0 Å². The van der Waals surface area contributed by atoms with Crippen LogP contribution in [0.1, 0.15) is 27.7 Å². The first-order chi connectivity index (χ1) is 11.3. The molecule has 1 heterocycles. The first-order valence-corrected chi connectivity index (χ1v) is 9.27. The third-order valence-corrected chi connectivity index (χ3v) is 4.36. The van der Waals surface area contributed by atoms with Gasteiger partial charge in [-0.1, -0.05) is 0 Å². The molecule has 1 aromatic heterocycles. The Morgan fingerprint density at radius 1 is 1.00 bits per heavy atom. The minimum Gasteiger partial charge on any atom is -0.491 e. The van der Waals surface area contributed by atoms with Gasteiger partial charge in [0.1, 0.15) is 11.6 Å². The highest BCUT2D eigenvalue weighted by atomic mass is 32.2. The number of benzene rings is 1. The van der Waals surface area contributed by atoms with Crippen molar-refractivity contribution in [3.05, 3.63) is 42.6 Å². The summed E-state index contributed by atoms with van der Waals surface area (Å²) in [7, 11) is -3.66. The van der Waals surface area contributed by atoms with Gasteiger partial charge in [0, 0.05) is 6.04 Å². The van der Waals surface area contributed by atoms with Crippen LogP contribution in [0.3, 0.4) is 0 Å². The van der Waals surface area contributed by atoms with Crippen LogP contribution in [-0.4, -0.2) is 25.5 Å². The molecule has 0 amide bonds. The van der Waals surface area contributed by atoms with Crippen molar-refractivity contribution < 1.29 is 13.2 Å². The third-order valence-electron chi connectivity index (χ3n) is 2.96. The molecule has 0 saturated carbocycles. The highest BCUT2D eigenvalue weighted by Crippen LogP contribution is 2.20. The van der Waals surface area contributed by atoms with Crippen LogP contribution < -0.4 is 14.8 Å². The van der Waals surface area contributed by atoms with Crippen LogP contribution in [-0.2, 0) is 10.0 Å². The molecular formula is C17H23N3O3S. The van der Waals surface area contributed by atoms with Gasteiger partial charge in [-0.2, -0.15) is 0 Å². The van der Waals surface area contributed by atoms with Crippen LogP contribution in [0, 0.1) is 0 Å². The van der Waals surface area contributed by atoms with Crippen molar-refractivity contribution in [2.24, 2.45) is 0 Å². The second-order valence-electron chi connectivity index (χ2n) is 5.97. The molecule has 0 radical (unpaired) electrons. The van der Waals surface area contributed by atoms with Crippen LogP contribution >= 0.6 is 0 Å². The SMILES string of the molecule is CC(C)Nc1ccc(NS(=O)(=O)c2ccc(OC(C)C)cc2)cn1. The number of aromatic nitrogens is 1. The maximum atomic E-state index is 12.4. The molecule has 0 bridgehead atoms. The van der Waals surface area contributed by atoms with Crippen LogP contribution in [0.25, 0.3) is 0 Å². The van der Waals surface area contributed by atoms with Crippen molar-refractivity contribution in [1.82, 2.24) is 4.98 Å². The summed E-state index contributed by atoms with van der Waals surface area (Å²) in [6, 6.07) is 9.98. The van der Waals surface area contributed by atoms with Crippen molar-refractivity contribution in [3.63, 3.8) is 0 Å². The van der Waals surface area contributed by atoms with E-state index in [1.165, 1.54) is 18.3 Å². The summed E-state index contributed by atoms with van der Waals surface area (Å²) in [5.41, 5.74) is 0.409. The highest BCUT2D eigenvalue weighted by molar-refractivity contribution is 7.92. The fourth-order valence-electron chi connectivity index (χ4n) is 2.02. The first kappa shape index (κ1) is 18.1. The van der Waals surface area contributed by atoms with Gasteiger partial charge in [0.05, 0.1) is 22.9 Å². The molecule has 1 aromatic carbocycles. The van der Waals surface area contributed by atoms with Crippen molar-refractivity contribution in [2.45, 2.75) is 44.7 Å². The lowest BCUT2D eigenvalue weighted by Gasteiger charge is -2.12. The van der Waals surface area contributed by atoms with Gasteiger partial charge in [-0.05, 0) is 64.1 Å². The highest BCUT2D eigenvalue weighted by Gasteiger charge is 2.14. The van der Waals surface area contributed by atoms with Gasteiger partial charge in [0.15, 0.2) is 0 Å². The molecule has 24 heavy (non-hydrogen) atoms. The molecule has 2 aromatic rings. The smallest absolute Gasteiger partial charge is 0.261 e. The summed E-state index contributed by atoms with van der Waals surface area (Å²) in [6.07, 6.45) is 1.52. The molecule has 0 aliphatic carbocycles. The quantitative estimate of drug-likeness (QED) is 0.800. The number of hydrogen-bond donors (Lipinski definition) is 2. The molecule has 0 spiro atoms. The molecule has 7 heteroatoms. The molecule has 130 valence electrons. The van der Waals surface area contributed by atoms with Gasteiger partial charge >= 0.3 is 0 Å². The Morgan fingerprint density at radius 2 is 1.67 bits per heavy atom. The van der Waals surface area contributed by atoms with Crippen molar-refractivity contribution >= 4 is 21.5 Å². The number of hydrogen-bond acceptors (Lipinski definition) is 5. The fraction of sp³-hybridized carbons (Fsp3) is 0.353. The molecule has 0 saturated heterocycles. The predicted octanol–water partition coefficient (Wildman–Crippen LogP) is 3.49. The first-order valence-electron chi connectivity index (χ1n) is 7.78. The molecule has 6 nitrogen and oxygen atoms in total. The number of ether oxygens (including phenoxy) is 1. The summed E-state index contributed by atoms with van der Waals surface area (Å²) in [5, 5.41) is 3.15. The van der Waals surface area contributed by atoms with Crippen molar-refractivity contribution in [3.8, 4) is 5.75 Å².